The molecular formula is C8H4Na2O7S. The molecule has 0 saturated heterocycles. The van der Waals surface area contributed by atoms with Crippen LogP contribution in [0.15, 0.2) is 23.1 Å². The van der Waals surface area contributed by atoms with Crippen LogP contribution in [0.3, 0.4) is 0 Å². The molecule has 0 bridgehead atoms. The monoisotopic (exact) mass is 290 g/mol. The van der Waals surface area contributed by atoms with Crippen LogP contribution in [0.4, 0.5) is 0 Å². The average Bonchev–Trinajstić information content (AvgIpc) is 2.15. The Bertz CT molecular complexity index is 567. The Morgan fingerprint density at radius 2 is 1.44 bits per heavy atom. The molecule has 0 unspecified atom stereocenters. The number of benzene rings is 1. The molecule has 86 valence electrons. The molecule has 0 spiro atoms. The number of carbonyl (C=O) groups excluding carboxylic acids is 2. The zero-order valence-electron chi connectivity index (χ0n) is 9.54. The molecule has 1 aromatic carbocycles. The largest absolute Gasteiger partial charge is 1.00 e. The van der Waals surface area contributed by atoms with Gasteiger partial charge >= 0.3 is 59.1 Å². The van der Waals surface area contributed by atoms with Crippen molar-refractivity contribution in [2.45, 2.75) is 4.90 Å². The minimum atomic E-state index is -4.61. The molecule has 0 radical (unpaired) electrons. The zero-order valence-corrected chi connectivity index (χ0v) is 14.4. The Hall–Kier alpha value is 0.0700. The van der Waals surface area contributed by atoms with E-state index < -0.39 is 38.1 Å². The Balaban J connectivity index is 0. The van der Waals surface area contributed by atoms with Crippen LogP contribution in [0.5, 0.6) is 0 Å². The molecule has 0 heterocycles. The van der Waals surface area contributed by atoms with Gasteiger partial charge in [-0.1, -0.05) is 6.07 Å². The Kier molecular flexibility index (Phi) is 8.62. The summed E-state index contributed by atoms with van der Waals surface area (Å²) in [4.78, 5) is 20.3. The van der Waals surface area contributed by atoms with Crippen LogP contribution in [-0.2, 0) is 10.1 Å². The summed E-state index contributed by atoms with van der Waals surface area (Å²) in [6.07, 6.45) is 0. The van der Waals surface area contributed by atoms with Crippen molar-refractivity contribution in [2.75, 3.05) is 0 Å². The van der Waals surface area contributed by atoms with Gasteiger partial charge in [-0.15, -0.1) is 0 Å². The molecule has 0 aliphatic carbocycles. The molecule has 0 saturated carbocycles. The van der Waals surface area contributed by atoms with E-state index in [1.807, 2.05) is 0 Å². The smallest absolute Gasteiger partial charge is 0.545 e. The molecule has 1 N–H and O–H groups in total. The molecule has 0 amide bonds. The molecule has 0 aliphatic heterocycles. The molecule has 0 atom stereocenters. The summed E-state index contributed by atoms with van der Waals surface area (Å²) >= 11 is 0. The first kappa shape index (κ1) is 20.4. The van der Waals surface area contributed by atoms with Crippen molar-refractivity contribution in [3.63, 3.8) is 0 Å². The maximum absolute atomic E-state index is 10.7. The number of aromatic carboxylic acids is 2. The average molecular weight is 290 g/mol. The van der Waals surface area contributed by atoms with E-state index >= 15 is 0 Å². The zero-order chi connectivity index (χ0) is 12.5. The molecule has 0 fully saturated rings. The molecular weight excluding hydrogens is 286 g/mol. The Labute approximate surface area is 147 Å². The van der Waals surface area contributed by atoms with Crippen LogP contribution in [0.2, 0.25) is 0 Å². The minimum Gasteiger partial charge on any atom is -0.545 e. The van der Waals surface area contributed by atoms with Crippen molar-refractivity contribution in [1.29, 1.82) is 0 Å². The third-order valence-electron chi connectivity index (χ3n) is 1.73. The Morgan fingerprint density at radius 1 is 1.00 bits per heavy atom. The van der Waals surface area contributed by atoms with Gasteiger partial charge in [0.2, 0.25) is 0 Å². The fraction of sp³-hybridized carbons (Fsp3) is 0. The summed E-state index contributed by atoms with van der Waals surface area (Å²) in [6.45, 7) is 0. The third kappa shape index (κ3) is 4.98. The van der Waals surface area contributed by atoms with Crippen molar-refractivity contribution in [2.24, 2.45) is 0 Å². The maximum atomic E-state index is 10.7. The Morgan fingerprint density at radius 3 is 1.78 bits per heavy atom. The van der Waals surface area contributed by atoms with E-state index in [-0.39, 0.29) is 59.1 Å². The second-order valence-corrected chi connectivity index (χ2v) is 4.18. The van der Waals surface area contributed by atoms with Crippen LogP contribution in [0, 0.1) is 0 Å². The van der Waals surface area contributed by atoms with Crippen molar-refractivity contribution in [3.8, 4) is 0 Å². The molecule has 7 nitrogen and oxygen atoms in total. The molecule has 0 aromatic heterocycles. The van der Waals surface area contributed by atoms with Crippen molar-refractivity contribution in [3.05, 3.63) is 29.3 Å². The number of hydrogen-bond acceptors (Lipinski definition) is 6. The third-order valence-corrected chi connectivity index (χ3v) is 2.58. The molecule has 10 heteroatoms. The second-order valence-electron chi connectivity index (χ2n) is 2.76. The van der Waals surface area contributed by atoms with Gasteiger partial charge in [-0.2, -0.15) is 8.42 Å². The summed E-state index contributed by atoms with van der Waals surface area (Å²) in [5.74, 6) is -3.68. The van der Waals surface area contributed by atoms with Crippen LogP contribution in [-0.4, -0.2) is 24.9 Å². The first-order valence-electron chi connectivity index (χ1n) is 3.77. The number of carbonyl (C=O) groups is 2. The van der Waals surface area contributed by atoms with Gasteiger partial charge in [0.05, 0.1) is 16.8 Å². The number of carboxylic acids is 2. The summed E-state index contributed by atoms with van der Waals surface area (Å²) in [5, 5.41) is 21.0. The maximum Gasteiger partial charge on any atom is 1.00 e. The SMILES string of the molecule is O=C([O-])c1ccc(S(=O)(=O)O)cc1C(=O)[O-].[Na+].[Na+]. The number of carboxylic acid groups (broad SMARTS) is 2. The summed E-state index contributed by atoms with van der Waals surface area (Å²) in [5.41, 5.74) is -1.61. The molecule has 1 aromatic rings. The summed E-state index contributed by atoms with van der Waals surface area (Å²) in [7, 11) is -4.61. The van der Waals surface area contributed by atoms with E-state index in [2.05, 4.69) is 0 Å². The van der Waals surface area contributed by atoms with Gasteiger partial charge in [0, 0.05) is 11.1 Å². The number of rotatable bonds is 3. The van der Waals surface area contributed by atoms with Gasteiger partial charge in [-0.05, 0) is 12.1 Å². The predicted molar refractivity (Wildman–Crippen MR) is 44.9 cm³/mol. The van der Waals surface area contributed by atoms with Gasteiger partial charge in [-0.3, -0.25) is 4.55 Å². The van der Waals surface area contributed by atoms with E-state index in [1.165, 1.54) is 0 Å². The predicted octanol–water partition coefficient (Wildman–Crippen LogP) is -8.33. The first-order valence-corrected chi connectivity index (χ1v) is 5.21. The second kappa shape index (κ2) is 7.61. The van der Waals surface area contributed by atoms with E-state index in [0.717, 1.165) is 6.07 Å². The minimum absolute atomic E-state index is 0. The molecule has 0 aliphatic rings. The molecule has 18 heavy (non-hydrogen) atoms. The first-order chi connectivity index (χ1) is 7.23. The van der Waals surface area contributed by atoms with Crippen LogP contribution in [0.25, 0.3) is 0 Å². The van der Waals surface area contributed by atoms with Crippen molar-refractivity contribution < 1.29 is 91.9 Å². The normalized spacial score (nSPS) is 9.83. The number of hydrogen-bond donors (Lipinski definition) is 1. The van der Waals surface area contributed by atoms with Gasteiger partial charge in [0.1, 0.15) is 0 Å². The fourth-order valence-electron chi connectivity index (χ4n) is 1.03. The topological polar surface area (TPSA) is 135 Å². The van der Waals surface area contributed by atoms with Crippen LogP contribution < -0.4 is 69.3 Å². The quantitative estimate of drug-likeness (QED) is 0.431. The van der Waals surface area contributed by atoms with Gasteiger partial charge in [-0.25, -0.2) is 0 Å². The van der Waals surface area contributed by atoms with Crippen molar-refractivity contribution >= 4 is 22.1 Å². The van der Waals surface area contributed by atoms with E-state index in [9.17, 15) is 28.2 Å². The van der Waals surface area contributed by atoms with Gasteiger partial charge in [0.15, 0.2) is 0 Å². The summed E-state index contributed by atoms with van der Waals surface area (Å²) in [6, 6.07) is 1.92. The van der Waals surface area contributed by atoms with Crippen LogP contribution in [0.1, 0.15) is 20.7 Å². The van der Waals surface area contributed by atoms with Gasteiger partial charge < -0.3 is 19.8 Å². The molecule has 1 rings (SSSR count). The van der Waals surface area contributed by atoms with Crippen LogP contribution >= 0.6 is 0 Å². The van der Waals surface area contributed by atoms with E-state index in [4.69, 9.17) is 4.55 Å². The standard InChI is InChI=1S/C8H6O7S.2Na/c9-7(10)5-2-1-4(16(13,14)15)3-6(5)8(11)12;;/h1-3H,(H,9,10)(H,11,12)(H,13,14,15);;/q;2*+1/p-2. The fourth-order valence-corrected chi connectivity index (χ4v) is 1.54. The van der Waals surface area contributed by atoms with Gasteiger partial charge in [0.25, 0.3) is 10.1 Å². The summed E-state index contributed by atoms with van der Waals surface area (Å²) < 4.78 is 30.0. The van der Waals surface area contributed by atoms with E-state index in [0.29, 0.717) is 12.1 Å². The van der Waals surface area contributed by atoms with E-state index in [1.54, 1.807) is 0 Å². The van der Waals surface area contributed by atoms with Crippen molar-refractivity contribution in [1.82, 2.24) is 0 Å².